The first kappa shape index (κ1) is 9.18. The third-order valence-electron chi connectivity index (χ3n) is 2.13. The molecule has 4 heteroatoms. The highest BCUT2D eigenvalue weighted by Crippen LogP contribution is 2.35. The molecule has 2 rings (SSSR count). The average molecular weight is 207 g/mol. The Kier molecular flexibility index (Phi) is 2.23. The molecule has 0 bridgehead atoms. The third-order valence-corrected chi connectivity index (χ3v) is 3.29. The number of anilines is 1. The Morgan fingerprint density at radius 2 is 2.29 bits per heavy atom. The van der Waals surface area contributed by atoms with Crippen molar-refractivity contribution in [2.45, 2.75) is 6.61 Å². The topological polar surface area (TPSA) is 63.3 Å². The van der Waals surface area contributed by atoms with E-state index in [1.165, 1.54) is 11.3 Å². The maximum absolute atomic E-state index is 10.8. The van der Waals surface area contributed by atoms with E-state index in [1.807, 2.05) is 12.1 Å². The van der Waals surface area contributed by atoms with Crippen LogP contribution in [0.3, 0.4) is 0 Å². The summed E-state index contributed by atoms with van der Waals surface area (Å²) in [5.41, 5.74) is 6.92. The molecular formula is C10H9NO2S. The molecule has 0 saturated heterocycles. The first-order valence-electron chi connectivity index (χ1n) is 4.14. The smallest absolute Gasteiger partial charge is 0.150 e. The van der Waals surface area contributed by atoms with Crippen LogP contribution in [0.2, 0.25) is 0 Å². The van der Waals surface area contributed by atoms with Gasteiger partial charge in [0.05, 0.1) is 17.2 Å². The van der Waals surface area contributed by atoms with E-state index in [-0.39, 0.29) is 6.61 Å². The van der Waals surface area contributed by atoms with E-state index in [1.54, 1.807) is 6.07 Å². The predicted octanol–water partition coefficient (Wildman–Crippen LogP) is 1.79. The quantitative estimate of drug-likeness (QED) is 0.738. The van der Waals surface area contributed by atoms with Crippen LogP contribution in [0.15, 0.2) is 18.2 Å². The Balaban J connectivity index is 2.85. The second-order valence-electron chi connectivity index (χ2n) is 2.94. The Hall–Kier alpha value is -1.39. The summed E-state index contributed by atoms with van der Waals surface area (Å²) in [6.07, 6.45) is 0.784. The molecule has 0 amide bonds. The number of hydrogen-bond donors (Lipinski definition) is 2. The number of fused-ring (bicyclic) bond motifs is 1. The molecule has 1 aromatic heterocycles. The molecule has 0 radical (unpaired) electrons. The molecule has 0 unspecified atom stereocenters. The van der Waals surface area contributed by atoms with Crippen LogP contribution in [0, 0.1) is 0 Å². The van der Waals surface area contributed by atoms with E-state index in [0.29, 0.717) is 16.1 Å². The summed E-state index contributed by atoms with van der Waals surface area (Å²) >= 11 is 1.42. The number of hydrogen-bond acceptors (Lipinski definition) is 4. The van der Waals surface area contributed by atoms with Crippen LogP contribution >= 0.6 is 11.3 Å². The zero-order chi connectivity index (χ0) is 10.1. The van der Waals surface area contributed by atoms with Gasteiger partial charge in [0.25, 0.3) is 0 Å². The molecule has 14 heavy (non-hydrogen) atoms. The van der Waals surface area contributed by atoms with Crippen LogP contribution in [0.4, 0.5) is 5.69 Å². The summed E-state index contributed by atoms with van der Waals surface area (Å²) in [5, 5.41) is 9.79. The number of aldehydes is 1. The van der Waals surface area contributed by atoms with Gasteiger partial charge in [-0.2, -0.15) is 0 Å². The fraction of sp³-hybridized carbons (Fsp3) is 0.100. The van der Waals surface area contributed by atoms with Crippen molar-refractivity contribution >= 4 is 33.4 Å². The van der Waals surface area contributed by atoms with Gasteiger partial charge in [-0.15, -0.1) is 11.3 Å². The van der Waals surface area contributed by atoms with Crippen LogP contribution in [-0.4, -0.2) is 11.4 Å². The summed E-state index contributed by atoms with van der Waals surface area (Å²) in [5.74, 6) is 0. The highest BCUT2D eigenvalue weighted by Gasteiger charge is 2.11. The summed E-state index contributed by atoms with van der Waals surface area (Å²) in [7, 11) is 0. The van der Waals surface area contributed by atoms with Crippen molar-refractivity contribution in [1.82, 2.24) is 0 Å². The minimum atomic E-state index is -0.0799. The van der Waals surface area contributed by atoms with Crippen LogP contribution in [0.25, 0.3) is 10.1 Å². The highest BCUT2D eigenvalue weighted by molar-refractivity contribution is 7.19. The molecule has 0 atom stereocenters. The van der Waals surface area contributed by atoms with Gasteiger partial charge in [0, 0.05) is 15.6 Å². The van der Waals surface area contributed by atoms with Crippen molar-refractivity contribution in [3.05, 3.63) is 28.6 Å². The molecule has 3 N–H and O–H groups in total. The normalized spacial score (nSPS) is 10.6. The first-order chi connectivity index (χ1) is 6.77. The largest absolute Gasteiger partial charge is 0.397 e. The minimum absolute atomic E-state index is 0.0799. The van der Waals surface area contributed by atoms with Gasteiger partial charge in [-0.25, -0.2) is 0 Å². The molecule has 1 aromatic carbocycles. The monoisotopic (exact) mass is 207 g/mol. The number of benzene rings is 1. The number of carbonyl (C=O) groups excluding carboxylic acids is 1. The van der Waals surface area contributed by atoms with Crippen LogP contribution in [-0.2, 0) is 6.61 Å². The number of aliphatic hydroxyl groups excluding tert-OH is 1. The Morgan fingerprint density at radius 3 is 2.93 bits per heavy atom. The molecule has 72 valence electrons. The van der Waals surface area contributed by atoms with E-state index in [9.17, 15) is 4.79 Å². The fourth-order valence-electron chi connectivity index (χ4n) is 1.46. The lowest BCUT2D eigenvalue weighted by Crippen LogP contribution is -1.90. The number of thiophene rings is 1. The van der Waals surface area contributed by atoms with E-state index >= 15 is 0 Å². The molecule has 0 aliphatic rings. The van der Waals surface area contributed by atoms with Gasteiger partial charge in [0.1, 0.15) is 0 Å². The molecule has 2 aromatic rings. The SMILES string of the molecule is Nc1c(CO)sc2cccc(C=O)c12. The zero-order valence-corrected chi connectivity index (χ0v) is 8.17. The van der Waals surface area contributed by atoms with Gasteiger partial charge in [0.2, 0.25) is 0 Å². The Morgan fingerprint density at radius 1 is 1.50 bits per heavy atom. The summed E-state index contributed by atoms with van der Waals surface area (Å²) < 4.78 is 0.941. The summed E-state index contributed by atoms with van der Waals surface area (Å²) in [6.45, 7) is -0.0799. The molecule has 0 aliphatic heterocycles. The lowest BCUT2D eigenvalue weighted by Gasteiger charge is -1.96. The second kappa shape index (κ2) is 3.40. The second-order valence-corrected chi connectivity index (χ2v) is 4.07. The summed E-state index contributed by atoms with van der Waals surface area (Å²) in [4.78, 5) is 11.5. The van der Waals surface area contributed by atoms with Crippen molar-refractivity contribution in [2.75, 3.05) is 5.73 Å². The minimum Gasteiger partial charge on any atom is -0.397 e. The van der Waals surface area contributed by atoms with E-state index in [2.05, 4.69) is 0 Å². The van der Waals surface area contributed by atoms with Crippen LogP contribution < -0.4 is 5.73 Å². The summed E-state index contributed by atoms with van der Waals surface area (Å²) in [6, 6.07) is 5.42. The van der Waals surface area contributed by atoms with E-state index in [0.717, 1.165) is 16.4 Å². The van der Waals surface area contributed by atoms with Gasteiger partial charge >= 0.3 is 0 Å². The van der Waals surface area contributed by atoms with Crippen molar-refractivity contribution < 1.29 is 9.90 Å². The Bertz CT molecular complexity index is 490. The number of carbonyl (C=O) groups is 1. The number of nitrogen functional groups attached to an aromatic ring is 1. The molecule has 3 nitrogen and oxygen atoms in total. The number of rotatable bonds is 2. The maximum atomic E-state index is 10.8. The van der Waals surface area contributed by atoms with Crippen LogP contribution in [0.5, 0.6) is 0 Å². The molecular weight excluding hydrogens is 198 g/mol. The van der Waals surface area contributed by atoms with Gasteiger partial charge in [-0.05, 0) is 6.07 Å². The van der Waals surface area contributed by atoms with E-state index < -0.39 is 0 Å². The molecule has 0 fully saturated rings. The first-order valence-corrected chi connectivity index (χ1v) is 4.95. The van der Waals surface area contributed by atoms with Crippen molar-refractivity contribution in [3.8, 4) is 0 Å². The number of nitrogens with two attached hydrogens (primary N) is 1. The van der Waals surface area contributed by atoms with Gasteiger partial charge in [0.15, 0.2) is 6.29 Å². The van der Waals surface area contributed by atoms with Crippen molar-refractivity contribution in [3.63, 3.8) is 0 Å². The average Bonchev–Trinajstić information content (AvgIpc) is 2.55. The standard InChI is InChI=1S/C10H9NO2S/c11-10-8(5-13)14-7-3-1-2-6(4-12)9(7)10/h1-4,13H,5,11H2. The molecule has 1 heterocycles. The molecule has 0 saturated carbocycles. The van der Waals surface area contributed by atoms with Gasteiger partial charge in [-0.3, -0.25) is 4.79 Å². The van der Waals surface area contributed by atoms with Crippen molar-refractivity contribution in [1.29, 1.82) is 0 Å². The molecule has 0 aliphatic carbocycles. The Labute approximate surface area is 84.8 Å². The van der Waals surface area contributed by atoms with Crippen molar-refractivity contribution in [2.24, 2.45) is 0 Å². The third kappa shape index (κ3) is 1.20. The van der Waals surface area contributed by atoms with E-state index in [4.69, 9.17) is 10.8 Å². The van der Waals surface area contributed by atoms with Gasteiger partial charge in [-0.1, -0.05) is 12.1 Å². The lowest BCUT2D eigenvalue weighted by molar-refractivity contribution is 0.112. The van der Waals surface area contributed by atoms with Gasteiger partial charge < -0.3 is 10.8 Å². The maximum Gasteiger partial charge on any atom is 0.150 e. The lowest BCUT2D eigenvalue weighted by atomic mass is 10.1. The highest BCUT2D eigenvalue weighted by atomic mass is 32.1. The molecule has 0 spiro atoms. The number of aliphatic hydroxyl groups is 1. The van der Waals surface area contributed by atoms with Crippen LogP contribution in [0.1, 0.15) is 15.2 Å². The fourth-order valence-corrected chi connectivity index (χ4v) is 2.48. The predicted molar refractivity (Wildman–Crippen MR) is 57.5 cm³/mol. The zero-order valence-electron chi connectivity index (χ0n) is 7.36.